The summed E-state index contributed by atoms with van der Waals surface area (Å²) in [5.41, 5.74) is 1.88. The molecular formula is C16H19NO3. The minimum Gasteiger partial charge on any atom is -0.497 e. The molecule has 0 unspecified atom stereocenters. The van der Waals surface area contributed by atoms with Crippen molar-refractivity contribution in [3.63, 3.8) is 0 Å². The van der Waals surface area contributed by atoms with Crippen molar-refractivity contribution in [1.82, 2.24) is 4.98 Å². The van der Waals surface area contributed by atoms with Gasteiger partial charge in [0.1, 0.15) is 11.5 Å². The van der Waals surface area contributed by atoms with Crippen molar-refractivity contribution in [3.05, 3.63) is 53.9 Å². The van der Waals surface area contributed by atoms with Crippen molar-refractivity contribution < 1.29 is 14.6 Å². The maximum atomic E-state index is 9.75. The Morgan fingerprint density at radius 1 is 1.30 bits per heavy atom. The molecule has 2 aromatic rings. The van der Waals surface area contributed by atoms with E-state index in [-0.39, 0.29) is 0 Å². The molecular weight excluding hydrogens is 254 g/mol. The average Bonchev–Trinajstić information content (AvgIpc) is 2.48. The van der Waals surface area contributed by atoms with Crippen LogP contribution >= 0.6 is 0 Å². The summed E-state index contributed by atoms with van der Waals surface area (Å²) in [6.07, 6.45) is 3.77. The van der Waals surface area contributed by atoms with E-state index < -0.39 is 6.10 Å². The van der Waals surface area contributed by atoms with Gasteiger partial charge in [0.15, 0.2) is 0 Å². The molecule has 0 amide bonds. The first kappa shape index (κ1) is 14.3. The Morgan fingerprint density at radius 3 is 2.80 bits per heavy atom. The van der Waals surface area contributed by atoms with E-state index in [1.165, 1.54) is 0 Å². The van der Waals surface area contributed by atoms with Gasteiger partial charge in [-0.25, -0.2) is 0 Å². The van der Waals surface area contributed by atoms with Crippen molar-refractivity contribution in [2.75, 3.05) is 13.7 Å². The monoisotopic (exact) mass is 273 g/mol. The minimum absolute atomic E-state index is 0.526. The molecule has 1 heterocycles. The van der Waals surface area contributed by atoms with Crippen molar-refractivity contribution >= 4 is 0 Å². The van der Waals surface area contributed by atoms with E-state index in [4.69, 9.17) is 9.47 Å². The van der Waals surface area contributed by atoms with Crippen LogP contribution in [0.25, 0.3) is 0 Å². The van der Waals surface area contributed by atoms with Crippen LogP contribution in [0, 0.1) is 0 Å². The van der Waals surface area contributed by atoms with Crippen LogP contribution in [-0.4, -0.2) is 23.8 Å². The van der Waals surface area contributed by atoms with Gasteiger partial charge in [0.05, 0.1) is 19.8 Å². The number of ether oxygens (including phenoxy) is 2. The lowest BCUT2D eigenvalue weighted by molar-refractivity contribution is 0.191. The average molecular weight is 273 g/mol. The number of aliphatic hydroxyl groups is 1. The normalized spacial score (nSPS) is 11.9. The third-order valence-electron chi connectivity index (χ3n) is 3.04. The van der Waals surface area contributed by atoms with Crippen LogP contribution in [0.5, 0.6) is 11.5 Å². The Labute approximate surface area is 119 Å². The van der Waals surface area contributed by atoms with Gasteiger partial charge in [-0.05, 0) is 30.7 Å². The zero-order valence-electron chi connectivity index (χ0n) is 11.7. The fourth-order valence-corrected chi connectivity index (χ4v) is 1.94. The number of hydrogen-bond acceptors (Lipinski definition) is 4. The first-order valence-electron chi connectivity index (χ1n) is 6.58. The van der Waals surface area contributed by atoms with E-state index in [2.05, 4.69) is 4.98 Å². The Bertz CT molecular complexity index is 541. The number of methoxy groups -OCH3 is 1. The summed E-state index contributed by atoms with van der Waals surface area (Å²) < 4.78 is 11.0. The number of aromatic nitrogens is 1. The summed E-state index contributed by atoms with van der Waals surface area (Å²) in [5, 5.41) is 9.75. The van der Waals surface area contributed by atoms with E-state index in [0.717, 1.165) is 17.5 Å². The molecule has 0 aliphatic heterocycles. The molecule has 1 aromatic heterocycles. The number of pyridine rings is 1. The number of hydrogen-bond donors (Lipinski definition) is 1. The van der Waals surface area contributed by atoms with Crippen LogP contribution in [0.3, 0.4) is 0 Å². The Morgan fingerprint density at radius 2 is 2.15 bits per heavy atom. The lowest BCUT2D eigenvalue weighted by atomic mass is 10.1. The topological polar surface area (TPSA) is 51.6 Å². The van der Waals surface area contributed by atoms with E-state index in [9.17, 15) is 5.11 Å². The van der Waals surface area contributed by atoms with Gasteiger partial charge in [-0.15, -0.1) is 0 Å². The lowest BCUT2D eigenvalue weighted by Gasteiger charge is -2.14. The van der Waals surface area contributed by atoms with Crippen LogP contribution in [0.15, 0.2) is 42.7 Å². The first-order chi connectivity index (χ1) is 9.70. The fraction of sp³-hybridized carbons (Fsp3) is 0.312. The summed E-state index contributed by atoms with van der Waals surface area (Å²) in [5.74, 6) is 1.37. The van der Waals surface area contributed by atoms with Crippen molar-refractivity contribution in [1.29, 1.82) is 0 Å². The second-order valence-corrected chi connectivity index (χ2v) is 4.54. The molecule has 0 saturated carbocycles. The summed E-state index contributed by atoms with van der Waals surface area (Å²) in [6, 6.07) is 9.35. The van der Waals surface area contributed by atoms with E-state index >= 15 is 0 Å². The van der Waals surface area contributed by atoms with E-state index in [1.54, 1.807) is 26.3 Å². The van der Waals surface area contributed by atoms with Crippen molar-refractivity contribution in [2.45, 2.75) is 19.4 Å². The van der Waals surface area contributed by atoms with Gasteiger partial charge in [0.2, 0.25) is 0 Å². The summed E-state index contributed by atoms with van der Waals surface area (Å²) in [7, 11) is 1.61. The summed E-state index contributed by atoms with van der Waals surface area (Å²) >= 11 is 0. The lowest BCUT2D eigenvalue weighted by Crippen LogP contribution is -2.05. The molecule has 1 atom stereocenters. The van der Waals surface area contributed by atoms with Crippen LogP contribution in [0.2, 0.25) is 0 Å². The quantitative estimate of drug-likeness (QED) is 0.879. The summed E-state index contributed by atoms with van der Waals surface area (Å²) in [4.78, 5) is 4.07. The van der Waals surface area contributed by atoms with Gasteiger partial charge in [-0.3, -0.25) is 4.98 Å². The molecule has 0 fully saturated rings. The molecule has 0 spiro atoms. The van der Waals surface area contributed by atoms with Crippen molar-refractivity contribution in [3.8, 4) is 11.5 Å². The molecule has 2 rings (SSSR count). The van der Waals surface area contributed by atoms with Gasteiger partial charge in [0.25, 0.3) is 0 Å². The van der Waals surface area contributed by atoms with E-state index in [0.29, 0.717) is 18.1 Å². The second kappa shape index (κ2) is 6.91. The van der Waals surface area contributed by atoms with Gasteiger partial charge in [-0.1, -0.05) is 6.07 Å². The molecule has 0 aliphatic rings. The molecule has 1 N–H and O–H groups in total. The summed E-state index contributed by atoms with van der Waals surface area (Å²) in [6.45, 7) is 2.24. The van der Waals surface area contributed by atoms with Crippen molar-refractivity contribution in [2.24, 2.45) is 0 Å². The second-order valence-electron chi connectivity index (χ2n) is 4.54. The standard InChI is InChI=1S/C16H19NO3/c1-12(18)15-6-5-14(19-2)10-16(15)20-9-7-13-4-3-8-17-11-13/h3-6,8,10-12,18H,7,9H2,1-2H3/t12-/m1/s1. The SMILES string of the molecule is COc1ccc([C@@H](C)O)c(OCCc2cccnc2)c1. The van der Waals surface area contributed by atoms with E-state index in [1.807, 2.05) is 30.5 Å². The molecule has 106 valence electrons. The predicted molar refractivity (Wildman–Crippen MR) is 77.1 cm³/mol. The smallest absolute Gasteiger partial charge is 0.128 e. The maximum Gasteiger partial charge on any atom is 0.128 e. The third-order valence-corrected chi connectivity index (χ3v) is 3.04. The Kier molecular flexibility index (Phi) is 4.96. The van der Waals surface area contributed by atoms with Gasteiger partial charge >= 0.3 is 0 Å². The highest BCUT2D eigenvalue weighted by atomic mass is 16.5. The van der Waals surface area contributed by atoms with Crippen LogP contribution in [0.1, 0.15) is 24.2 Å². The predicted octanol–water partition coefficient (Wildman–Crippen LogP) is 2.77. The highest BCUT2D eigenvalue weighted by Gasteiger charge is 2.10. The Hall–Kier alpha value is -2.07. The molecule has 0 aliphatic carbocycles. The largest absolute Gasteiger partial charge is 0.497 e. The Balaban J connectivity index is 2.04. The van der Waals surface area contributed by atoms with Gasteiger partial charge < -0.3 is 14.6 Å². The third kappa shape index (κ3) is 3.71. The highest BCUT2D eigenvalue weighted by Crippen LogP contribution is 2.29. The van der Waals surface area contributed by atoms with Gasteiger partial charge in [-0.2, -0.15) is 0 Å². The van der Waals surface area contributed by atoms with Gasteiger partial charge in [0, 0.05) is 30.4 Å². The fourth-order valence-electron chi connectivity index (χ4n) is 1.94. The number of benzene rings is 1. The first-order valence-corrected chi connectivity index (χ1v) is 6.58. The molecule has 4 heteroatoms. The number of nitrogens with zero attached hydrogens (tertiary/aromatic N) is 1. The molecule has 0 saturated heterocycles. The van der Waals surface area contributed by atoms with Crippen LogP contribution in [0.4, 0.5) is 0 Å². The molecule has 0 radical (unpaired) electrons. The molecule has 0 bridgehead atoms. The van der Waals surface area contributed by atoms with Crippen LogP contribution in [-0.2, 0) is 6.42 Å². The number of aliphatic hydroxyl groups excluding tert-OH is 1. The van der Waals surface area contributed by atoms with Crippen LogP contribution < -0.4 is 9.47 Å². The molecule has 4 nitrogen and oxygen atoms in total. The zero-order chi connectivity index (χ0) is 14.4. The molecule has 20 heavy (non-hydrogen) atoms. The zero-order valence-corrected chi connectivity index (χ0v) is 11.7. The number of rotatable bonds is 6. The molecule has 1 aromatic carbocycles. The minimum atomic E-state index is -0.575. The maximum absolute atomic E-state index is 9.75. The highest BCUT2D eigenvalue weighted by molar-refractivity contribution is 5.41.